The number of fused-ring (bicyclic) bond motifs is 1. The van der Waals surface area contributed by atoms with Crippen molar-refractivity contribution in [3.05, 3.63) is 53.3 Å². The van der Waals surface area contributed by atoms with E-state index in [-0.39, 0.29) is 6.03 Å². The minimum absolute atomic E-state index is 0.0240. The molecule has 0 atom stereocenters. The number of urea groups is 1. The molecule has 3 aromatic rings. The highest BCUT2D eigenvalue weighted by Crippen LogP contribution is 2.31. The maximum Gasteiger partial charge on any atom is 0.317 e. The van der Waals surface area contributed by atoms with Gasteiger partial charge in [0.2, 0.25) is 0 Å². The Morgan fingerprint density at radius 3 is 2.69 bits per heavy atom. The van der Waals surface area contributed by atoms with E-state index in [9.17, 15) is 4.79 Å². The molecular weight excluding hydrogens is 362 g/mol. The second-order valence-corrected chi connectivity index (χ2v) is 7.85. The molecule has 0 spiro atoms. The number of aryl methyl sites for hydroxylation is 2. The first-order valence-electron chi connectivity index (χ1n) is 10.3. The highest BCUT2D eigenvalue weighted by Gasteiger charge is 2.19. The second kappa shape index (κ2) is 8.25. The van der Waals surface area contributed by atoms with Crippen LogP contribution in [0.5, 0.6) is 0 Å². The third kappa shape index (κ3) is 4.12. The Hall–Kier alpha value is -2.86. The molecule has 1 aliphatic heterocycles. The van der Waals surface area contributed by atoms with E-state index < -0.39 is 0 Å². The molecule has 29 heavy (non-hydrogen) atoms. The van der Waals surface area contributed by atoms with Gasteiger partial charge in [0.15, 0.2) is 0 Å². The Kier molecular flexibility index (Phi) is 5.53. The maximum absolute atomic E-state index is 12.5. The third-order valence-electron chi connectivity index (χ3n) is 5.74. The van der Waals surface area contributed by atoms with Crippen LogP contribution in [-0.2, 0) is 13.0 Å². The smallest absolute Gasteiger partial charge is 0.317 e. The quantitative estimate of drug-likeness (QED) is 0.715. The van der Waals surface area contributed by atoms with Crippen LogP contribution in [0.15, 0.2) is 36.5 Å². The van der Waals surface area contributed by atoms with Crippen molar-refractivity contribution >= 4 is 16.9 Å². The topological polar surface area (TPSA) is 64.3 Å². The van der Waals surface area contributed by atoms with Gasteiger partial charge in [-0.3, -0.25) is 4.98 Å². The molecule has 0 aliphatic carbocycles. The number of aromatic amines is 1. The van der Waals surface area contributed by atoms with Crippen LogP contribution in [0.25, 0.3) is 22.2 Å². The van der Waals surface area contributed by atoms with Gasteiger partial charge in [0, 0.05) is 66.8 Å². The van der Waals surface area contributed by atoms with E-state index in [1.54, 1.807) is 0 Å². The number of pyridine rings is 1. The maximum atomic E-state index is 12.5. The Bertz CT molecular complexity index is 1020. The first-order valence-corrected chi connectivity index (χ1v) is 10.3. The van der Waals surface area contributed by atoms with Gasteiger partial charge in [0.05, 0.1) is 0 Å². The van der Waals surface area contributed by atoms with Crippen LogP contribution in [0.2, 0.25) is 0 Å². The first-order chi connectivity index (χ1) is 14.0. The van der Waals surface area contributed by atoms with Gasteiger partial charge in [-0.25, -0.2) is 4.79 Å². The molecule has 1 fully saturated rings. The zero-order chi connectivity index (χ0) is 20.4. The van der Waals surface area contributed by atoms with Gasteiger partial charge in [-0.1, -0.05) is 13.0 Å². The number of nitrogens with zero attached hydrogens (tertiary/aromatic N) is 3. The van der Waals surface area contributed by atoms with Crippen LogP contribution in [0.1, 0.15) is 23.7 Å². The lowest BCUT2D eigenvalue weighted by Crippen LogP contribution is -2.50. The van der Waals surface area contributed by atoms with Crippen LogP contribution in [0.3, 0.4) is 0 Å². The van der Waals surface area contributed by atoms with Gasteiger partial charge >= 0.3 is 6.03 Å². The SMILES string of the molecule is CCc1c(-c2ccnc(C)c2)[nH]c2ccc(CNC(=O)N3CCN(C)CC3)cc12. The molecule has 0 unspecified atom stereocenters. The molecule has 2 amide bonds. The third-order valence-corrected chi connectivity index (χ3v) is 5.74. The molecule has 0 bridgehead atoms. The summed E-state index contributed by atoms with van der Waals surface area (Å²) >= 11 is 0. The number of carbonyl (C=O) groups is 1. The Morgan fingerprint density at radius 1 is 1.17 bits per heavy atom. The largest absolute Gasteiger partial charge is 0.354 e. The van der Waals surface area contributed by atoms with E-state index in [1.807, 2.05) is 24.1 Å². The minimum atomic E-state index is 0.0240. The number of likely N-dealkylation sites (N-methyl/N-ethyl adjacent to an activating group) is 1. The number of amides is 2. The molecule has 2 N–H and O–H groups in total. The second-order valence-electron chi connectivity index (χ2n) is 7.85. The van der Waals surface area contributed by atoms with Crippen molar-refractivity contribution in [2.45, 2.75) is 26.8 Å². The molecule has 0 radical (unpaired) electrons. The molecular formula is C23H29N5O. The normalized spacial score (nSPS) is 15.1. The number of hydrogen-bond acceptors (Lipinski definition) is 3. The summed E-state index contributed by atoms with van der Waals surface area (Å²) in [5.74, 6) is 0. The fourth-order valence-electron chi connectivity index (χ4n) is 4.02. The Labute approximate surface area is 171 Å². The van der Waals surface area contributed by atoms with E-state index in [2.05, 4.69) is 58.4 Å². The monoisotopic (exact) mass is 391 g/mol. The van der Waals surface area contributed by atoms with Crippen LogP contribution in [0, 0.1) is 6.92 Å². The average molecular weight is 392 g/mol. The lowest BCUT2D eigenvalue weighted by molar-refractivity contribution is 0.154. The summed E-state index contributed by atoms with van der Waals surface area (Å²) in [6.07, 6.45) is 2.79. The Balaban J connectivity index is 1.54. The van der Waals surface area contributed by atoms with Crippen LogP contribution in [0.4, 0.5) is 4.79 Å². The van der Waals surface area contributed by atoms with Crippen molar-refractivity contribution in [3.8, 4) is 11.3 Å². The zero-order valence-electron chi connectivity index (χ0n) is 17.5. The summed E-state index contributed by atoms with van der Waals surface area (Å²) in [4.78, 5) is 24.5. The standard InChI is InChI=1S/C23H29N5O/c1-4-19-20-14-17(15-25-23(29)28-11-9-27(3)10-12-28)5-6-21(20)26-22(19)18-7-8-24-16(2)13-18/h5-8,13-14,26H,4,9-12,15H2,1-3H3,(H,25,29). The number of hydrogen-bond donors (Lipinski definition) is 2. The fraction of sp³-hybridized carbons (Fsp3) is 0.391. The molecule has 1 aliphatic rings. The number of aromatic nitrogens is 2. The highest BCUT2D eigenvalue weighted by atomic mass is 16.2. The van der Waals surface area contributed by atoms with Crippen molar-refractivity contribution in [3.63, 3.8) is 0 Å². The number of H-pyrrole nitrogens is 1. The average Bonchev–Trinajstić information content (AvgIpc) is 3.10. The van der Waals surface area contributed by atoms with Crippen molar-refractivity contribution in [2.75, 3.05) is 33.2 Å². The number of piperazine rings is 1. The summed E-state index contributed by atoms with van der Waals surface area (Å²) in [6.45, 7) is 8.17. The molecule has 1 saturated heterocycles. The van der Waals surface area contributed by atoms with E-state index in [4.69, 9.17) is 0 Å². The van der Waals surface area contributed by atoms with Gasteiger partial charge in [0.25, 0.3) is 0 Å². The zero-order valence-corrected chi connectivity index (χ0v) is 17.5. The summed E-state index contributed by atoms with van der Waals surface area (Å²) in [5.41, 5.74) is 6.88. The summed E-state index contributed by atoms with van der Waals surface area (Å²) in [6, 6.07) is 10.6. The lowest BCUT2D eigenvalue weighted by Gasteiger charge is -2.32. The minimum Gasteiger partial charge on any atom is -0.354 e. The summed E-state index contributed by atoms with van der Waals surface area (Å²) < 4.78 is 0. The van der Waals surface area contributed by atoms with E-state index >= 15 is 0 Å². The van der Waals surface area contributed by atoms with Crippen LogP contribution < -0.4 is 5.32 Å². The van der Waals surface area contributed by atoms with E-state index in [0.29, 0.717) is 6.54 Å². The van der Waals surface area contributed by atoms with Crippen molar-refractivity contribution in [1.29, 1.82) is 0 Å². The predicted molar refractivity (Wildman–Crippen MR) is 117 cm³/mol. The van der Waals surface area contributed by atoms with Gasteiger partial charge in [-0.15, -0.1) is 0 Å². The summed E-state index contributed by atoms with van der Waals surface area (Å²) in [7, 11) is 2.09. The Morgan fingerprint density at radius 2 is 1.97 bits per heavy atom. The van der Waals surface area contributed by atoms with Crippen molar-refractivity contribution < 1.29 is 4.79 Å². The van der Waals surface area contributed by atoms with Crippen molar-refractivity contribution in [1.82, 2.24) is 25.1 Å². The van der Waals surface area contributed by atoms with E-state index in [1.165, 1.54) is 10.9 Å². The molecule has 4 rings (SSSR count). The van der Waals surface area contributed by atoms with Crippen LogP contribution >= 0.6 is 0 Å². The molecule has 2 aromatic heterocycles. The van der Waals surface area contributed by atoms with Crippen LogP contribution in [-0.4, -0.2) is 59.0 Å². The molecule has 152 valence electrons. The van der Waals surface area contributed by atoms with Crippen molar-refractivity contribution in [2.24, 2.45) is 0 Å². The predicted octanol–water partition coefficient (Wildman–Crippen LogP) is 3.56. The van der Waals surface area contributed by atoms with Gasteiger partial charge in [0.1, 0.15) is 0 Å². The number of rotatable bonds is 4. The van der Waals surface area contributed by atoms with Gasteiger partial charge < -0.3 is 20.1 Å². The first kappa shape index (κ1) is 19.5. The molecule has 1 aromatic carbocycles. The van der Waals surface area contributed by atoms with Gasteiger partial charge in [-0.05, 0) is 55.8 Å². The fourth-order valence-corrected chi connectivity index (χ4v) is 4.02. The van der Waals surface area contributed by atoms with Gasteiger partial charge in [-0.2, -0.15) is 0 Å². The lowest BCUT2D eigenvalue weighted by atomic mass is 10.0. The molecule has 3 heterocycles. The summed E-state index contributed by atoms with van der Waals surface area (Å²) in [5, 5.41) is 4.31. The number of carbonyl (C=O) groups excluding carboxylic acids is 1. The number of benzene rings is 1. The molecule has 0 saturated carbocycles. The molecule has 6 heteroatoms. The highest BCUT2D eigenvalue weighted by molar-refractivity contribution is 5.91. The number of nitrogens with one attached hydrogen (secondary N) is 2. The van der Waals surface area contributed by atoms with E-state index in [0.717, 1.165) is 60.6 Å². The molecule has 6 nitrogen and oxygen atoms in total.